The lowest BCUT2D eigenvalue weighted by atomic mass is 9.47. The van der Waals surface area contributed by atoms with E-state index in [1.54, 1.807) is 6.92 Å². The van der Waals surface area contributed by atoms with Gasteiger partial charge in [-0.25, -0.2) is 0 Å². The average molecular weight is 417 g/mol. The van der Waals surface area contributed by atoms with Crippen molar-refractivity contribution in [3.63, 3.8) is 0 Å². The number of hydrogen-bond donors (Lipinski definition) is 1. The van der Waals surface area contributed by atoms with Gasteiger partial charge in [0.25, 0.3) is 0 Å². The molecule has 0 unspecified atom stereocenters. The number of carboxylic acids is 1. The number of allylic oxidation sites excluding steroid dienone is 1. The molecule has 7 atom stereocenters. The van der Waals surface area contributed by atoms with Gasteiger partial charge in [0.05, 0.1) is 12.8 Å². The molecule has 0 aromatic heterocycles. The fraction of sp³-hybridized carbons (Fsp3) is 0.800. The highest BCUT2D eigenvalue weighted by molar-refractivity contribution is 5.79. The Hall–Kier alpha value is -1.65. The van der Waals surface area contributed by atoms with E-state index in [-0.39, 0.29) is 35.7 Å². The summed E-state index contributed by atoms with van der Waals surface area (Å²) in [6, 6.07) is 0. The van der Waals surface area contributed by atoms with E-state index in [0.29, 0.717) is 23.5 Å². The van der Waals surface area contributed by atoms with Gasteiger partial charge in [0, 0.05) is 12.3 Å². The highest BCUT2D eigenvalue weighted by atomic mass is 16.5. The molecular formula is C25H36O5. The summed E-state index contributed by atoms with van der Waals surface area (Å²) in [7, 11) is 0. The topological polar surface area (TPSA) is 80.7 Å². The SMILES string of the molecule is CC(=O)[C@H]1CC[C@H]2[C@H]3CC=C4C[C@@H](OC(=O)CCC(=O)O)CC[C@]4(C)[C@@H]3CC[C@]12C. The number of ether oxygens (including phenoxy) is 1. The minimum absolute atomic E-state index is 0.0512. The highest BCUT2D eigenvalue weighted by Crippen LogP contribution is 2.66. The molecule has 0 amide bonds. The van der Waals surface area contributed by atoms with Crippen molar-refractivity contribution in [1.29, 1.82) is 0 Å². The first-order chi connectivity index (χ1) is 14.1. The summed E-state index contributed by atoms with van der Waals surface area (Å²) in [4.78, 5) is 35.0. The van der Waals surface area contributed by atoms with Gasteiger partial charge in [-0.05, 0) is 80.5 Å². The van der Waals surface area contributed by atoms with E-state index in [9.17, 15) is 14.4 Å². The van der Waals surface area contributed by atoms with E-state index in [1.165, 1.54) is 18.4 Å². The highest BCUT2D eigenvalue weighted by Gasteiger charge is 2.59. The fourth-order valence-corrected chi connectivity index (χ4v) is 7.85. The summed E-state index contributed by atoms with van der Waals surface area (Å²) < 4.78 is 5.62. The van der Waals surface area contributed by atoms with Crippen molar-refractivity contribution in [2.75, 3.05) is 0 Å². The van der Waals surface area contributed by atoms with Crippen LogP contribution in [0.2, 0.25) is 0 Å². The van der Waals surface area contributed by atoms with Gasteiger partial charge < -0.3 is 9.84 Å². The van der Waals surface area contributed by atoms with Gasteiger partial charge in [-0.3, -0.25) is 14.4 Å². The molecule has 0 bridgehead atoms. The van der Waals surface area contributed by atoms with Crippen molar-refractivity contribution >= 4 is 17.7 Å². The van der Waals surface area contributed by atoms with Gasteiger partial charge in [-0.2, -0.15) is 0 Å². The first kappa shape index (κ1) is 21.6. The lowest BCUT2D eigenvalue weighted by molar-refractivity contribution is -0.154. The van der Waals surface area contributed by atoms with Crippen molar-refractivity contribution < 1.29 is 24.2 Å². The molecule has 4 rings (SSSR count). The van der Waals surface area contributed by atoms with Crippen LogP contribution < -0.4 is 0 Å². The zero-order valence-corrected chi connectivity index (χ0v) is 18.6. The van der Waals surface area contributed by atoms with E-state index in [1.807, 2.05) is 0 Å². The zero-order valence-electron chi connectivity index (χ0n) is 18.6. The van der Waals surface area contributed by atoms with Gasteiger partial charge in [-0.1, -0.05) is 25.5 Å². The van der Waals surface area contributed by atoms with Crippen LogP contribution in [0.3, 0.4) is 0 Å². The van der Waals surface area contributed by atoms with E-state index in [2.05, 4.69) is 19.9 Å². The van der Waals surface area contributed by atoms with Crippen molar-refractivity contribution in [3.05, 3.63) is 11.6 Å². The average Bonchev–Trinajstić information content (AvgIpc) is 3.04. The smallest absolute Gasteiger partial charge is 0.306 e. The summed E-state index contributed by atoms with van der Waals surface area (Å²) in [6.07, 6.45) is 10.4. The number of Topliss-reactive ketones (excluding diaryl/α,β-unsaturated/α-hetero) is 1. The summed E-state index contributed by atoms with van der Waals surface area (Å²) in [6.45, 7) is 6.57. The standard InChI is InChI=1S/C25H36O5/c1-15(26)19-6-7-20-18-5-4-16-14-17(30-23(29)9-8-22(27)28)10-12-24(16,2)21(18)11-13-25(19,20)3/h4,17-21H,5-14H2,1-3H3,(H,27,28)/t17-,18+,19+,20-,21+,24-,25+/m0/s1. The second-order valence-electron chi connectivity index (χ2n) is 10.8. The maximum atomic E-state index is 12.3. The number of aliphatic carboxylic acids is 1. The summed E-state index contributed by atoms with van der Waals surface area (Å²) in [5.41, 5.74) is 1.78. The molecule has 1 N–H and O–H groups in total. The van der Waals surface area contributed by atoms with Crippen LogP contribution >= 0.6 is 0 Å². The summed E-state index contributed by atoms with van der Waals surface area (Å²) in [5, 5.41) is 8.76. The number of rotatable bonds is 5. The lowest BCUT2D eigenvalue weighted by Crippen LogP contribution is -2.51. The van der Waals surface area contributed by atoms with E-state index < -0.39 is 11.9 Å². The van der Waals surface area contributed by atoms with Crippen molar-refractivity contribution in [2.24, 2.45) is 34.5 Å². The van der Waals surface area contributed by atoms with Gasteiger partial charge in [0.2, 0.25) is 0 Å². The molecule has 4 aliphatic carbocycles. The Morgan fingerprint density at radius 3 is 2.53 bits per heavy atom. The molecule has 5 heteroatoms. The Kier molecular flexibility index (Phi) is 5.61. The van der Waals surface area contributed by atoms with Crippen LogP contribution in [0.15, 0.2) is 11.6 Å². The molecule has 0 heterocycles. The van der Waals surface area contributed by atoms with Crippen LogP contribution in [0.4, 0.5) is 0 Å². The van der Waals surface area contributed by atoms with Crippen molar-refractivity contribution in [2.45, 2.75) is 91.1 Å². The predicted molar refractivity (Wildman–Crippen MR) is 113 cm³/mol. The number of hydrogen-bond acceptors (Lipinski definition) is 4. The van der Waals surface area contributed by atoms with Gasteiger partial charge in [-0.15, -0.1) is 0 Å². The number of esters is 1. The van der Waals surface area contributed by atoms with Crippen LogP contribution in [0.1, 0.15) is 85.0 Å². The number of ketones is 1. The van der Waals surface area contributed by atoms with Gasteiger partial charge >= 0.3 is 11.9 Å². The fourth-order valence-electron chi connectivity index (χ4n) is 7.85. The number of carbonyl (C=O) groups excluding carboxylic acids is 2. The molecule has 0 aromatic carbocycles. The zero-order chi connectivity index (χ0) is 21.7. The minimum atomic E-state index is -0.965. The normalized spacial score (nSPS) is 42.4. The lowest BCUT2D eigenvalue weighted by Gasteiger charge is -2.58. The number of carboxylic acid groups (broad SMARTS) is 1. The van der Waals surface area contributed by atoms with E-state index >= 15 is 0 Å². The number of fused-ring (bicyclic) bond motifs is 5. The molecule has 0 aromatic rings. The molecule has 3 saturated carbocycles. The minimum Gasteiger partial charge on any atom is -0.481 e. The summed E-state index contributed by atoms with van der Waals surface area (Å²) in [5.74, 6) is 1.22. The van der Waals surface area contributed by atoms with Crippen LogP contribution in [0.5, 0.6) is 0 Å². The van der Waals surface area contributed by atoms with Gasteiger partial charge in [0.15, 0.2) is 0 Å². The third kappa shape index (κ3) is 3.52. The monoisotopic (exact) mass is 416 g/mol. The molecule has 4 aliphatic rings. The Balaban J connectivity index is 1.46. The molecule has 0 aliphatic heterocycles. The largest absolute Gasteiger partial charge is 0.481 e. The third-order valence-electron chi connectivity index (χ3n) is 9.39. The maximum absolute atomic E-state index is 12.3. The Morgan fingerprint density at radius 1 is 1.07 bits per heavy atom. The van der Waals surface area contributed by atoms with Crippen LogP contribution in [-0.4, -0.2) is 28.9 Å². The second-order valence-corrected chi connectivity index (χ2v) is 10.8. The molecular weight excluding hydrogens is 380 g/mol. The van der Waals surface area contributed by atoms with E-state index in [0.717, 1.165) is 38.5 Å². The molecule has 166 valence electrons. The molecule has 0 spiro atoms. The van der Waals surface area contributed by atoms with Crippen molar-refractivity contribution in [3.8, 4) is 0 Å². The summed E-state index contributed by atoms with van der Waals surface area (Å²) >= 11 is 0. The Labute approximate surface area is 179 Å². The van der Waals surface area contributed by atoms with Gasteiger partial charge in [0.1, 0.15) is 11.9 Å². The molecule has 3 fully saturated rings. The molecule has 5 nitrogen and oxygen atoms in total. The van der Waals surface area contributed by atoms with Crippen LogP contribution in [0.25, 0.3) is 0 Å². The van der Waals surface area contributed by atoms with Crippen LogP contribution in [0, 0.1) is 34.5 Å². The second kappa shape index (κ2) is 7.80. The quantitative estimate of drug-likeness (QED) is 0.508. The number of carbonyl (C=O) groups is 3. The molecule has 30 heavy (non-hydrogen) atoms. The van der Waals surface area contributed by atoms with E-state index in [4.69, 9.17) is 9.84 Å². The first-order valence-corrected chi connectivity index (χ1v) is 11.8. The molecule has 0 radical (unpaired) electrons. The third-order valence-corrected chi connectivity index (χ3v) is 9.39. The van der Waals surface area contributed by atoms with Crippen molar-refractivity contribution in [1.82, 2.24) is 0 Å². The Morgan fingerprint density at radius 2 is 1.83 bits per heavy atom. The predicted octanol–water partition coefficient (Wildman–Crippen LogP) is 4.93. The van der Waals surface area contributed by atoms with Crippen LogP contribution in [-0.2, 0) is 19.1 Å². The maximum Gasteiger partial charge on any atom is 0.306 e. The molecule has 0 saturated heterocycles. The Bertz CT molecular complexity index is 770. The first-order valence-electron chi connectivity index (χ1n) is 11.8.